The van der Waals surface area contributed by atoms with Gasteiger partial charge < -0.3 is 19.5 Å². The maximum atomic E-state index is 13.4. The van der Waals surface area contributed by atoms with Crippen LogP contribution in [0, 0.1) is 0 Å². The standard InChI is InChI=1S/C32H29NO5/c1-20(2)38-26-15-13-23(14-16-26)29-28(30(34)25-12-11-22-8-4-5-9-24(22)18-25)31(35)32(36)33(29)19-21-7-6-10-27(17-21)37-3/h4-18,20,29,34H,19H2,1-3H3/b30-28-. The Bertz CT molecular complexity index is 1540. The van der Waals surface area contributed by atoms with E-state index in [1.165, 1.54) is 4.90 Å². The van der Waals surface area contributed by atoms with E-state index >= 15 is 0 Å². The van der Waals surface area contributed by atoms with E-state index in [4.69, 9.17) is 9.47 Å². The molecule has 1 saturated heterocycles. The highest BCUT2D eigenvalue weighted by atomic mass is 16.5. The first kappa shape index (κ1) is 25.1. The van der Waals surface area contributed by atoms with Crippen LogP contribution < -0.4 is 9.47 Å². The predicted molar refractivity (Wildman–Crippen MR) is 147 cm³/mol. The number of carbonyl (C=O) groups excluding carboxylic acids is 2. The lowest BCUT2D eigenvalue weighted by atomic mass is 9.94. The van der Waals surface area contributed by atoms with Crippen molar-refractivity contribution in [2.24, 2.45) is 0 Å². The average Bonchev–Trinajstić information content (AvgIpc) is 3.17. The molecule has 0 aromatic heterocycles. The molecule has 0 radical (unpaired) electrons. The van der Waals surface area contributed by atoms with Gasteiger partial charge in [-0.2, -0.15) is 0 Å². The number of ether oxygens (including phenoxy) is 2. The average molecular weight is 508 g/mol. The number of hydrogen-bond donors (Lipinski definition) is 1. The molecule has 4 aromatic carbocycles. The Morgan fingerprint density at radius 3 is 2.32 bits per heavy atom. The van der Waals surface area contributed by atoms with Crippen LogP contribution in [-0.2, 0) is 16.1 Å². The number of rotatable bonds is 7. The molecule has 0 spiro atoms. The van der Waals surface area contributed by atoms with Gasteiger partial charge in [-0.1, -0.05) is 60.7 Å². The summed E-state index contributed by atoms with van der Waals surface area (Å²) in [4.78, 5) is 28.3. The van der Waals surface area contributed by atoms with E-state index < -0.39 is 17.7 Å². The van der Waals surface area contributed by atoms with Crippen molar-refractivity contribution in [1.29, 1.82) is 0 Å². The van der Waals surface area contributed by atoms with Crippen LogP contribution in [0.4, 0.5) is 0 Å². The number of nitrogens with zero attached hydrogens (tertiary/aromatic N) is 1. The Kier molecular flexibility index (Phi) is 6.88. The van der Waals surface area contributed by atoms with Crippen molar-refractivity contribution < 1.29 is 24.2 Å². The van der Waals surface area contributed by atoms with Crippen molar-refractivity contribution in [3.8, 4) is 11.5 Å². The number of carbonyl (C=O) groups is 2. The van der Waals surface area contributed by atoms with E-state index in [1.54, 1.807) is 13.2 Å². The molecule has 192 valence electrons. The molecule has 1 amide bonds. The molecule has 0 aliphatic carbocycles. The highest BCUT2D eigenvalue weighted by Crippen LogP contribution is 2.41. The number of benzene rings is 4. The van der Waals surface area contributed by atoms with Crippen LogP contribution >= 0.6 is 0 Å². The number of amides is 1. The van der Waals surface area contributed by atoms with E-state index in [0.29, 0.717) is 22.6 Å². The number of aliphatic hydroxyl groups excluding tert-OH is 1. The molecule has 0 saturated carbocycles. The second kappa shape index (κ2) is 10.4. The van der Waals surface area contributed by atoms with Crippen molar-refractivity contribution in [3.63, 3.8) is 0 Å². The molecule has 0 bridgehead atoms. The smallest absolute Gasteiger partial charge is 0.295 e. The lowest BCUT2D eigenvalue weighted by molar-refractivity contribution is -0.140. The first-order valence-electron chi connectivity index (χ1n) is 12.5. The van der Waals surface area contributed by atoms with Gasteiger partial charge >= 0.3 is 0 Å². The van der Waals surface area contributed by atoms with Gasteiger partial charge in [-0.25, -0.2) is 0 Å². The Morgan fingerprint density at radius 2 is 1.61 bits per heavy atom. The molecule has 1 aliphatic rings. The molecule has 1 fully saturated rings. The van der Waals surface area contributed by atoms with E-state index in [1.807, 2.05) is 98.8 Å². The summed E-state index contributed by atoms with van der Waals surface area (Å²) in [6.45, 7) is 4.06. The second-order valence-corrected chi connectivity index (χ2v) is 9.58. The molecule has 1 unspecified atom stereocenters. The summed E-state index contributed by atoms with van der Waals surface area (Å²) in [6.07, 6.45) is 0.00690. The van der Waals surface area contributed by atoms with Gasteiger partial charge in [0, 0.05) is 12.1 Å². The summed E-state index contributed by atoms with van der Waals surface area (Å²) < 4.78 is 11.1. The van der Waals surface area contributed by atoms with Crippen molar-refractivity contribution in [3.05, 3.63) is 113 Å². The highest BCUT2D eigenvalue weighted by Gasteiger charge is 2.46. The van der Waals surface area contributed by atoms with Crippen LogP contribution in [0.3, 0.4) is 0 Å². The number of ketones is 1. The molecule has 5 rings (SSSR count). The summed E-state index contributed by atoms with van der Waals surface area (Å²) in [6, 6.07) is 27.2. The normalized spacial score (nSPS) is 16.8. The van der Waals surface area contributed by atoms with Gasteiger partial charge in [-0.3, -0.25) is 9.59 Å². The van der Waals surface area contributed by atoms with Crippen molar-refractivity contribution in [1.82, 2.24) is 4.90 Å². The number of aliphatic hydroxyl groups is 1. The minimum Gasteiger partial charge on any atom is -0.507 e. The van der Waals surface area contributed by atoms with Crippen molar-refractivity contribution >= 4 is 28.2 Å². The quantitative estimate of drug-likeness (QED) is 0.182. The molecule has 1 aliphatic heterocycles. The third kappa shape index (κ3) is 4.85. The van der Waals surface area contributed by atoms with Gasteiger partial charge in [0.2, 0.25) is 0 Å². The summed E-state index contributed by atoms with van der Waals surface area (Å²) in [5.74, 6) is -0.242. The topological polar surface area (TPSA) is 76.1 Å². The van der Waals surface area contributed by atoms with Gasteiger partial charge in [0.15, 0.2) is 0 Å². The molecule has 4 aromatic rings. The van der Waals surface area contributed by atoms with Gasteiger partial charge in [-0.05, 0) is 66.1 Å². The van der Waals surface area contributed by atoms with E-state index in [-0.39, 0.29) is 24.0 Å². The zero-order chi connectivity index (χ0) is 26.8. The van der Waals surface area contributed by atoms with Crippen molar-refractivity contribution in [2.45, 2.75) is 32.5 Å². The van der Waals surface area contributed by atoms with Crippen molar-refractivity contribution in [2.75, 3.05) is 7.11 Å². The SMILES string of the molecule is COc1cccc(CN2C(=O)C(=O)/C(=C(\O)c3ccc4ccccc4c3)C2c2ccc(OC(C)C)cc2)c1. The van der Waals surface area contributed by atoms with Gasteiger partial charge in [0.05, 0.1) is 24.8 Å². The Labute approximate surface area is 221 Å². The Balaban J connectivity index is 1.62. The third-order valence-electron chi connectivity index (χ3n) is 6.62. The van der Waals surface area contributed by atoms with Gasteiger partial charge in [0.25, 0.3) is 11.7 Å². The highest BCUT2D eigenvalue weighted by molar-refractivity contribution is 6.46. The first-order valence-corrected chi connectivity index (χ1v) is 12.5. The summed E-state index contributed by atoms with van der Waals surface area (Å²) in [5, 5.41) is 13.4. The number of methoxy groups -OCH3 is 1. The molecular weight excluding hydrogens is 478 g/mol. The maximum absolute atomic E-state index is 13.4. The molecule has 38 heavy (non-hydrogen) atoms. The Morgan fingerprint density at radius 1 is 0.868 bits per heavy atom. The zero-order valence-electron chi connectivity index (χ0n) is 21.5. The van der Waals surface area contributed by atoms with E-state index in [2.05, 4.69) is 0 Å². The number of hydrogen-bond acceptors (Lipinski definition) is 5. The summed E-state index contributed by atoms with van der Waals surface area (Å²) in [7, 11) is 1.58. The molecular formula is C32H29NO5. The van der Waals surface area contributed by atoms with Gasteiger partial charge in [0.1, 0.15) is 17.3 Å². The lowest BCUT2D eigenvalue weighted by Gasteiger charge is -2.26. The lowest BCUT2D eigenvalue weighted by Crippen LogP contribution is -2.29. The number of Topliss-reactive ketones (excluding diaryl/α,β-unsaturated/α-hetero) is 1. The van der Waals surface area contributed by atoms with Crippen LogP contribution in [0.5, 0.6) is 11.5 Å². The molecule has 6 nitrogen and oxygen atoms in total. The fraction of sp³-hybridized carbons (Fsp3) is 0.188. The Hall–Kier alpha value is -4.58. The maximum Gasteiger partial charge on any atom is 0.295 e. The van der Waals surface area contributed by atoms with Crippen LogP contribution in [0.15, 0.2) is 96.6 Å². The van der Waals surface area contributed by atoms with E-state index in [0.717, 1.165) is 16.3 Å². The van der Waals surface area contributed by atoms with Crippen LogP contribution in [0.1, 0.15) is 36.6 Å². The largest absolute Gasteiger partial charge is 0.507 e. The minimum atomic E-state index is -0.777. The van der Waals surface area contributed by atoms with Gasteiger partial charge in [-0.15, -0.1) is 0 Å². The summed E-state index contributed by atoms with van der Waals surface area (Å²) >= 11 is 0. The predicted octanol–water partition coefficient (Wildman–Crippen LogP) is 6.26. The fourth-order valence-corrected chi connectivity index (χ4v) is 4.85. The van der Waals surface area contributed by atoms with Crippen LogP contribution in [-0.4, -0.2) is 34.9 Å². The fourth-order valence-electron chi connectivity index (χ4n) is 4.85. The minimum absolute atomic E-state index is 0.00690. The number of likely N-dealkylation sites (tertiary alicyclic amines) is 1. The summed E-state index contributed by atoms with van der Waals surface area (Å²) in [5.41, 5.74) is 2.05. The van der Waals surface area contributed by atoms with E-state index in [9.17, 15) is 14.7 Å². The first-order chi connectivity index (χ1) is 18.4. The molecule has 1 atom stereocenters. The zero-order valence-corrected chi connectivity index (χ0v) is 21.5. The van der Waals surface area contributed by atoms with Crippen LogP contribution in [0.25, 0.3) is 16.5 Å². The van der Waals surface area contributed by atoms with Crippen LogP contribution in [0.2, 0.25) is 0 Å². The molecule has 6 heteroatoms. The molecule has 1 heterocycles. The second-order valence-electron chi connectivity index (χ2n) is 9.58. The number of fused-ring (bicyclic) bond motifs is 1. The monoisotopic (exact) mass is 507 g/mol. The molecule has 1 N–H and O–H groups in total. The third-order valence-corrected chi connectivity index (χ3v) is 6.62.